The summed E-state index contributed by atoms with van der Waals surface area (Å²) >= 11 is 2.98. The molecule has 1 aromatic carbocycles. The van der Waals surface area contributed by atoms with Crippen LogP contribution in [0, 0.1) is 5.82 Å². The quantitative estimate of drug-likeness (QED) is 0.814. The molecule has 0 spiro atoms. The number of ether oxygens (including phenoxy) is 1. The maximum Gasteiger partial charge on any atom is 0.308 e. The largest absolute Gasteiger partial charge is 0.466 e. The molecule has 1 aromatic rings. The number of rotatable bonds is 5. The Kier molecular flexibility index (Phi) is 5.71. The predicted octanol–water partition coefficient (Wildman–Crippen LogP) is 1.94. The van der Waals surface area contributed by atoms with E-state index in [1.165, 1.54) is 18.2 Å². The van der Waals surface area contributed by atoms with Gasteiger partial charge in [0.1, 0.15) is 11.9 Å². The summed E-state index contributed by atoms with van der Waals surface area (Å²) in [5.74, 6) is -1.06. The van der Waals surface area contributed by atoms with Gasteiger partial charge in [-0.15, -0.1) is 0 Å². The van der Waals surface area contributed by atoms with Crippen molar-refractivity contribution in [1.29, 1.82) is 0 Å². The molecule has 6 heteroatoms. The van der Waals surface area contributed by atoms with E-state index in [-0.39, 0.29) is 17.5 Å². The molecule has 2 atom stereocenters. The van der Waals surface area contributed by atoms with Gasteiger partial charge in [-0.3, -0.25) is 4.79 Å². The first-order chi connectivity index (χ1) is 8.45. The molecule has 0 aliphatic heterocycles. The first-order valence-corrected chi connectivity index (χ1v) is 6.21. The van der Waals surface area contributed by atoms with E-state index in [9.17, 15) is 19.4 Å². The minimum Gasteiger partial charge on any atom is -0.466 e. The fraction of sp³-hybridized carbons (Fsp3) is 0.417. The zero-order valence-electron chi connectivity index (χ0n) is 9.77. The van der Waals surface area contributed by atoms with Crippen LogP contribution in [0.25, 0.3) is 0 Å². The molecule has 4 nitrogen and oxygen atoms in total. The van der Waals surface area contributed by atoms with Crippen molar-refractivity contribution in [1.82, 2.24) is 0 Å². The maximum absolute atomic E-state index is 13.0. The van der Waals surface area contributed by atoms with Gasteiger partial charge in [-0.05, 0) is 40.5 Å². The lowest BCUT2D eigenvalue weighted by molar-refractivity contribution is -0.147. The number of aliphatic hydroxyl groups is 2. The lowest BCUT2D eigenvalue weighted by Gasteiger charge is -2.17. The standard InChI is InChI=1S/C12H14BrFO4/c1-2-18-11(16)6-10(15)12(17)7-3-4-9(14)8(13)5-7/h3-5,10,12,15,17H,2,6H2,1H3. The lowest BCUT2D eigenvalue weighted by Crippen LogP contribution is -2.23. The summed E-state index contributed by atoms with van der Waals surface area (Å²) in [7, 11) is 0. The molecule has 0 saturated carbocycles. The molecule has 2 unspecified atom stereocenters. The zero-order chi connectivity index (χ0) is 13.7. The van der Waals surface area contributed by atoms with Gasteiger partial charge in [0.25, 0.3) is 0 Å². The van der Waals surface area contributed by atoms with E-state index in [1.807, 2.05) is 0 Å². The Labute approximate surface area is 113 Å². The predicted molar refractivity (Wildman–Crippen MR) is 66.3 cm³/mol. The number of carbonyl (C=O) groups is 1. The third-order valence-corrected chi connectivity index (χ3v) is 2.94. The van der Waals surface area contributed by atoms with Crippen molar-refractivity contribution in [2.45, 2.75) is 25.6 Å². The van der Waals surface area contributed by atoms with Crippen LogP contribution < -0.4 is 0 Å². The van der Waals surface area contributed by atoms with Crippen molar-refractivity contribution in [3.8, 4) is 0 Å². The van der Waals surface area contributed by atoms with Gasteiger partial charge >= 0.3 is 5.97 Å². The summed E-state index contributed by atoms with van der Waals surface area (Å²) in [6.07, 6.45) is -2.88. The highest BCUT2D eigenvalue weighted by molar-refractivity contribution is 9.10. The van der Waals surface area contributed by atoms with E-state index >= 15 is 0 Å². The Morgan fingerprint density at radius 1 is 1.50 bits per heavy atom. The number of carbonyl (C=O) groups excluding carboxylic acids is 1. The van der Waals surface area contributed by atoms with Gasteiger partial charge in [0.15, 0.2) is 0 Å². The minimum atomic E-state index is -1.29. The molecule has 0 fully saturated rings. The number of aliphatic hydroxyl groups excluding tert-OH is 2. The van der Waals surface area contributed by atoms with Gasteiger partial charge in [-0.25, -0.2) is 4.39 Å². The first kappa shape index (κ1) is 15.1. The highest BCUT2D eigenvalue weighted by Gasteiger charge is 2.22. The summed E-state index contributed by atoms with van der Waals surface area (Å²) in [6.45, 7) is 1.86. The summed E-state index contributed by atoms with van der Waals surface area (Å²) in [5, 5.41) is 19.5. The average Bonchev–Trinajstić information content (AvgIpc) is 2.32. The second-order valence-electron chi connectivity index (χ2n) is 3.69. The molecule has 2 N–H and O–H groups in total. The molecule has 0 radical (unpaired) electrons. The summed E-state index contributed by atoms with van der Waals surface area (Å²) in [5.41, 5.74) is 0.320. The van der Waals surface area contributed by atoms with Gasteiger partial charge in [0.05, 0.1) is 23.6 Å². The van der Waals surface area contributed by atoms with Gasteiger partial charge in [-0.1, -0.05) is 6.07 Å². The molecule has 0 aliphatic carbocycles. The highest BCUT2D eigenvalue weighted by Crippen LogP contribution is 2.24. The molecule has 0 aromatic heterocycles. The molecule has 0 bridgehead atoms. The maximum atomic E-state index is 13.0. The van der Waals surface area contributed by atoms with E-state index in [0.717, 1.165) is 0 Å². The summed E-state index contributed by atoms with van der Waals surface area (Å²) in [6, 6.07) is 3.87. The van der Waals surface area contributed by atoms with Gasteiger partial charge < -0.3 is 14.9 Å². The third kappa shape index (κ3) is 4.04. The van der Waals surface area contributed by atoms with Crippen LogP contribution in [0.1, 0.15) is 25.0 Å². The van der Waals surface area contributed by atoms with Crippen LogP contribution in [-0.2, 0) is 9.53 Å². The van der Waals surface area contributed by atoms with E-state index < -0.39 is 24.0 Å². The Hall–Kier alpha value is -0.980. The van der Waals surface area contributed by atoms with Gasteiger partial charge in [0, 0.05) is 0 Å². The summed E-state index contributed by atoms with van der Waals surface area (Å²) < 4.78 is 17.9. The van der Waals surface area contributed by atoms with Gasteiger partial charge in [-0.2, -0.15) is 0 Å². The third-order valence-electron chi connectivity index (χ3n) is 2.33. The van der Waals surface area contributed by atoms with Crippen LogP contribution in [0.15, 0.2) is 22.7 Å². The van der Waals surface area contributed by atoms with E-state index in [2.05, 4.69) is 20.7 Å². The number of hydrogen-bond acceptors (Lipinski definition) is 4. The lowest BCUT2D eigenvalue weighted by atomic mass is 10.0. The summed E-state index contributed by atoms with van der Waals surface area (Å²) in [4.78, 5) is 11.1. The van der Waals surface area contributed by atoms with Crippen molar-refractivity contribution in [3.05, 3.63) is 34.1 Å². The fourth-order valence-electron chi connectivity index (χ4n) is 1.42. The molecule has 100 valence electrons. The van der Waals surface area contributed by atoms with E-state index in [1.54, 1.807) is 6.92 Å². The highest BCUT2D eigenvalue weighted by atomic mass is 79.9. The molecule has 0 amide bonds. The topological polar surface area (TPSA) is 66.8 Å². The van der Waals surface area contributed by atoms with Crippen LogP contribution in [-0.4, -0.2) is 28.9 Å². The van der Waals surface area contributed by atoms with Crippen molar-refractivity contribution in [2.24, 2.45) is 0 Å². The second kappa shape index (κ2) is 6.82. The van der Waals surface area contributed by atoms with Crippen molar-refractivity contribution in [2.75, 3.05) is 6.61 Å². The van der Waals surface area contributed by atoms with Crippen LogP contribution in [0.3, 0.4) is 0 Å². The normalized spacial score (nSPS) is 14.1. The van der Waals surface area contributed by atoms with E-state index in [4.69, 9.17) is 0 Å². The molecular weight excluding hydrogens is 307 g/mol. The zero-order valence-corrected chi connectivity index (χ0v) is 11.4. The van der Waals surface area contributed by atoms with Gasteiger partial charge in [0.2, 0.25) is 0 Å². The first-order valence-electron chi connectivity index (χ1n) is 5.42. The molecule has 18 heavy (non-hydrogen) atoms. The van der Waals surface area contributed by atoms with Crippen LogP contribution in [0.4, 0.5) is 4.39 Å². The molecule has 1 rings (SSSR count). The fourth-order valence-corrected chi connectivity index (χ4v) is 1.82. The Morgan fingerprint density at radius 2 is 2.17 bits per heavy atom. The molecule has 0 aliphatic rings. The Bertz CT molecular complexity index is 425. The molecule has 0 heterocycles. The van der Waals surface area contributed by atoms with Crippen LogP contribution in [0.2, 0.25) is 0 Å². The average molecular weight is 321 g/mol. The van der Waals surface area contributed by atoms with Crippen LogP contribution in [0.5, 0.6) is 0 Å². The number of hydrogen-bond donors (Lipinski definition) is 2. The monoisotopic (exact) mass is 320 g/mol. The second-order valence-corrected chi connectivity index (χ2v) is 4.55. The Morgan fingerprint density at radius 3 is 2.72 bits per heavy atom. The molecule has 0 saturated heterocycles. The number of benzene rings is 1. The van der Waals surface area contributed by atoms with Crippen molar-refractivity contribution < 1.29 is 24.1 Å². The smallest absolute Gasteiger partial charge is 0.308 e. The SMILES string of the molecule is CCOC(=O)CC(O)C(O)c1ccc(F)c(Br)c1. The number of halogens is 2. The van der Waals surface area contributed by atoms with E-state index in [0.29, 0.717) is 5.56 Å². The minimum absolute atomic E-state index is 0.183. The number of esters is 1. The van der Waals surface area contributed by atoms with Crippen molar-refractivity contribution >= 4 is 21.9 Å². The molecular formula is C12H14BrFO4. The van der Waals surface area contributed by atoms with Crippen molar-refractivity contribution in [3.63, 3.8) is 0 Å². The van der Waals surface area contributed by atoms with Crippen LogP contribution >= 0.6 is 15.9 Å². The Balaban J connectivity index is 2.70.